The van der Waals surface area contributed by atoms with Crippen LogP contribution in [0.3, 0.4) is 0 Å². The standard InChI is InChI=1S/C24H25N3OS/c1-13(12-25-3)15-4-6-16(7-5-15)19-20-18-10-11-29-23(18)24(28)27-21(20)14(2)26-22(19)17-8-9-17/h4-7,10-11,13,17,25H,8-9,12H2,1-3H3,(H,27,28). The third-order valence-corrected chi connectivity index (χ3v) is 6.94. The number of aryl methyl sites for hydroxylation is 1. The molecule has 1 atom stereocenters. The van der Waals surface area contributed by atoms with Gasteiger partial charge in [-0.3, -0.25) is 9.78 Å². The van der Waals surface area contributed by atoms with E-state index in [1.165, 1.54) is 46.6 Å². The van der Waals surface area contributed by atoms with Crippen molar-refractivity contribution in [1.29, 1.82) is 0 Å². The van der Waals surface area contributed by atoms with Crippen LogP contribution in [0.5, 0.6) is 0 Å². The Morgan fingerprint density at radius 1 is 1.24 bits per heavy atom. The van der Waals surface area contributed by atoms with Gasteiger partial charge in [-0.1, -0.05) is 31.2 Å². The van der Waals surface area contributed by atoms with Gasteiger partial charge in [-0.25, -0.2) is 0 Å². The summed E-state index contributed by atoms with van der Waals surface area (Å²) in [5.74, 6) is 0.987. The molecule has 1 saturated carbocycles. The van der Waals surface area contributed by atoms with Gasteiger partial charge in [-0.15, -0.1) is 11.3 Å². The summed E-state index contributed by atoms with van der Waals surface area (Å²) in [5, 5.41) is 7.46. The summed E-state index contributed by atoms with van der Waals surface area (Å²) in [7, 11) is 1.99. The maximum atomic E-state index is 12.6. The number of aromatic nitrogens is 2. The summed E-state index contributed by atoms with van der Waals surface area (Å²) in [6.07, 6.45) is 2.39. The molecular weight excluding hydrogens is 378 g/mol. The number of pyridine rings is 2. The Morgan fingerprint density at radius 3 is 2.69 bits per heavy atom. The Kier molecular flexibility index (Phi) is 4.52. The number of fused-ring (bicyclic) bond motifs is 3. The first kappa shape index (κ1) is 18.5. The van der Waals surface area contributed by atoms with Crippen LogP contribution in [-0.4, -0.2) is 23.6 Å². The number of thiophene rings is 1. The van der Waals surface area contributed by atoms with E-state index in [0.29, 0.717) is 11.8 Å². The van der Waals surface area contributed by atoms with E-state index in [9.17, 15) is 4.79 Å². The van der Waals surface area contributed by atoms with Crippen molar-refractivity contribution in [3.8, 4) is 11.1 Å². The van der Waals surface area contributed by atoms with Crippen LogP contribution in [0.2, 0.25) is 0 Å². The van der Waals surface area contributed by atoms with Crippen LogP contribution in [0.15, 0.2) is 40.5 Å². The van der Waals surface area contributed by atoms with E-state index in [4.69, 9.17) is 4.98 Å². The molecule has 1 aliphatic rings. The van der Waals surface area contributed by atoms with Crippen LogP contribution in [0, 0.1) is 6.92 Å². The molecule has 29 heavy (non-hydrogen) atoms. The normalized spacial score (nSPS) is 15.3. The molecule has 0 spiro atoms. The maximum Gasteiger partial charge on any atom is 0.266 e. The predicted molar refractivity (Wildman–Crippen MR) is 122 cm³/mol. The molecule has 148 valence electrons. The molecule has 0 radical (unpaired) electrons. The summed E-state index contributed by atoms with van der Waals surface area (Å²) in [6.45, 7) is 5.21. The quantitative estimate of drug-likeness (QED) is 0.474. The monoisotopic (exact) mass is 403 g/mol. The second-order valence-corrected chi connectivity index (χ2v) is 9.10. The molecule has 5 heteroatoms. The van der Waals surface area contributed by atoms with Gasteiger partial charge in [0, 0.05) is 28.8 Å². The lowest BCUT2D eigenvalue weighted by atomic mass is 9.92. The third-order valence-electron chi connectivity index (χ3n) is 6.03. The van der Waals surface area contributed by atoms with E-state index >= 15 is 0 Å². The van der Waals surface area contributed by atoms with Crippen LogP contribution in [-0.2, 0) is 0 Å². The first-order valence-electron chi connectivity index (χ1n) is 10.3. The number of hydrogen-bond acceptors (Lipinski definition) is 4. The van der Waals surface area contributed by atoms with Gasteiger partial charge in [0.15, 0.2) is 0 Å². The van der Waals surface area contributed by atoms with E-state index in [2.05, 4.69) is 47.6 Å². The molecule has 0 saturated heterocycles. The Labute approximate surface area is 174 Å². The van der Waals surface area contributed by atoms with Gasteiger partial charge in [-0.2, -0.15) is 0 Å². The second kappa shape index (κ2) is 7.08. The highest BCUT2D eigenvalue weighted by molar-refractivity contribution is 7.17. The van der Waals surface area contributed by atoms with Crippen molar-refractivity contribution in [2.24, 2.45) is 0 Å². The van der Waals surface area contributed by atoms with E-state index in [1.807, 2.05) is 19.4 Å². The molecule has 5 rings (SSSR count). The van der Waals surface area contributed by atoms with Gasteiger partial charge in [0.2, 0.25) is 0 Å². The molecule has 0 amide bonds. The molecule has 0 aliphatic heterocycles. The van der Waals surface area contributed by atoms with Crippen molar-refractivity contribution < 1.29 is 0 Å². The van der Waals surface area contributed by atoms with Crippen molar-refractivity contribution in [3.05, 3.63) is 63.0 Å². The van der Waals surface area contributed by atoms with Crippen LogP contribution in [0.1, 0.15) is 48.6 Å². The molecular formula is C24H25N3OS. The fourth-order valence-corrected chi connectivity index (χ4v) is 5.14. The lowest BCUT2D eigenvalue weighted by molar-refractivity contribution is 0.678. The minimum Gasteiger partial charge on any atom is -0.319 e. The summed E-state index contributed by atoms with van der Waals surface area (Å²) in [6, 6.07) is 11.0. The van der Waals surface area contributed by atoms with Crippen LogP contribution < -0.4 is 10.9 Å². The molecule has 1 aromatic carbocycles. The topological polar surface area (TPSA) is 57.8 Å². The van der Waals surface area contributed by atoms with E-state index in [1.54, 1.807) is 0 Å². The molecule has 1 unspecified atom stereocenters. The SMILES string of the molecule is CNCC(C)c1ccc(-c2c(C3CC3)nc(C)c3[nH]c(=O)c4sccc4c23)cc1. The van der Waals surface area contributed by atoms with Crippen LogP contribution in [0.25, 0.3) is 32.1 Å². The lowest BCUT2D eigenvalue weighted by Crippen LogP contribution is -2.14. The molecule has 1 aliphatic carbocycles. The van der Waals surface area contributed by atoms with E-state index < -0.39 is 0 Å². The van der Waals surface area contributed by atoms with Crippen molar-refractivity contribution in [2.75, 3.05) is 13.6 Å². The summed E-state index contributed by atoms with van der Waals surface area (Å²) >= 11 is 1.51. The molecule has 2 N–H and O–H groups in total. The number of hydrogen-bond donors (Lipinski definition) is 2. The first-order chi connectivity index (χ1) is 14.1. The Balaban J connectivity index is 1.80. The zero-order chi connectivity index (χ0) is 20.1. The Hall–Kier alpha value is -2.50. The number of aromatic amines is 1. The van der Waals surface area contributed by atoms with Crippen molar-refractivity contribution in [3.63, 3.8) is 0 Å². The summed E-state index contributed by atoms with van der Waals surface area (Å²) in [5.41, 5.74) is 6.65. The van der Waals surface area contributed by atoms with Gasteiger partial charge in [0.05, 0.1) is 16.9 Å². The van der Waals surface area contributed by atoms with Gasteiger partial charge in [0.1, 0.15) is 4.70 Å². The Bertz CT molecular complexity index is 1270. The minimum atomic E-state index is -0.0197. The van der Waals surface area contributed by atoms with Crippen molar-refractivity contribution >= 4 is 32.3 Å². The van der Waals surface area contributed by atoms with Gasteiger partial charge in [0.25, 0.3) is 5.56 Å². The Morgan fingerprint density at radius 2 is 2.00 bits per heavy atom. The number of nitrogens with zero attached hydrogens (tertiary/aromatic N) is 1. The molecule has 4 aromatic rings. The van der Waals surface area contributed by atoms with Gasteiger partial charge in [-0.05, 0) is 55.3 Å². The number of rotatable bonds is 5. The third kappa shape index (κ3) is 3.09. The fraction of sp³-hybridized carbons (Fsp3) is 0.333. The maximum absolute atomic E-state index is 12.6. The van der Waals surface area contributed by atoms with E-state index in [0.717, 1.165) is 33.2 Å². The summed E-state index contributed by atoms with van der Waals surface area (Å²) < 4.78 is 0.797. The van der Waals surface area contributed by atoms with E-state index in [-0.39, 0.29) is 5.56 Å². The highest BCUT2D eigenvalue weighted by Gasteiger charge is 2.30. The zero-order valence-electron chi connectivity index (χ0n) is 17.0. The van der Waals surface area contributed by atoms with Crippen LogP contribution >= 0.6 is 11.3 Å². The number of likely N-dealkylation sites (N-methyl/N-ethyl adjacent to an activating group) is 1. The molecule has 3 heterocycles. The van der Waals surface area contributed by atoms with Gasteiger partial charge >= 0.3 is 0 Å². The molecule has 0 bridgehead atoms. The predicted octanol–water partition coefficient (Wildman–Crippen LogP) is 5.31. The highest BCUT2D eigenvalue weighted by Crippen LogP contribution is 2.47. The van der Waals surface area contributed by atoms with Crippen molar-refractivity contribution in [2.45, 2.75) is 38.5 Å². The second-order valence-electron chi connectivity index (χ2n) is 8.18. The largest absolute Gasteiger partial charge is 0.319 e. The highest BCUT2D eigenvalue weighted by atomic mass is 32.1. The lowest BCUT2D eigenvalue weighted by Gasteiger charge is -2.17. The van der Waals surface area contributed by atoms with Gasteiger partial charge < -0.3 is 10.3 Å². The van der Waals surface area contributed by atoms with Crippen molar-refractivity contribution in [1.82, 2.24) is 15.3 Å². The first-order valence-corrected chi connectivity index (χ1v) is 11.1. The molecule has 4 nitrogen and oxygen atoms in total. The average Bonchev–Trinajstić information content (AvgIpc) is 3.44. The molecule has 3 aromatic heterocycles. The number of benzene rings is 1. The number of H-pyrrole nitrogens is 1. The average molecular weight is 404 g/mol. The molecule has 1 fully saturated rings. The number of nitrogens with one attached hydrogen (secondary N) is 2. The van der Waals surface area contributed by atoms with Crippen LogP contribution in [0.4, 0.5) is 0 Å². The zero-order valence-corrected chi connectivity index (χ0v) is 17.8. The minimum absolute atomic E-state index is 0.0197. The fourth-order valence-electron chi connectivity index (χ4n) is 4.35. The summed E-state index contributed by atoms with van der Waals surface area (Å²) in [4.78, 5) is 20.7. The smallest absolute Gasteiger partial charge is 0.266 e.